The molecule has 1 fully saturated rings. The molecule has 0 unspecified atom stereocenters. The number of piperidine rings is 1. The highest BCUT2D eigenvalue weighted by molar-refractivity contribution is 7.17. The lowest BCUT2D eigenvalue weighted by Crippen LogP contribution is -2.38. The number of amides is 2. The van der Waals surface area contributed by atoms with Crippen molar-refractivity contribution in [1.82, 2.24) is 4.90 Å². The van der Waals surface area contributed by atoms with Crippen molar-refractivity contribution in [3.05, 3.63) is 70.9 Å². The van der Waals surface area contributed by atoms with Crippen molar-refractivity contribution in [2.45, 2.75) is 26.2 Å². The number of rotatable bonds is 6. The summed E-state index contributed by atoms with van der Waals surface area (Å²) in [6.45, 7) is 3.17. The van der Waals surface area contributed by atoms with Gasteiger partial charge in [-0.05, 0) is 55.5 Å². The number of nitrogens with one attached hydrogen (secondary N) is 1. The highest BCUT2D eigenvalue weighted by atomic mass is 32.1. The summed E-state index contributed by atoms with van der Waals surface area (Å²) in [6.07, 6.45) is 3.14. The van der Waals surface area contributed by atoms with E-state index < -0.39 is 11.7 Å². The number of aryl methyl sites for hydroxylation is 1. The first-order chi connectivity index (χ1) is 15.5. The third kappa shape index (κ3) is 5.16. The van der Waals surface area contributed by atoms with Crippen LogP contribution in [0.5, 0.6) is 5.75 Å². The zero-order valence-electron chi connectivity index (χ0n) is 17.9. The number of hydrogen-bond acceptors (Lipinski definition) is 4. The van der Waals surface area contributed by atoms with Crippen molar-refractivity contribution in [1.29, 1.82) is 0 Å². The van der Waals surface area contributed by atoms with Gasteiger partial charge in [0.1, 0.15) is 16.4 Å². The predicted molar refractivity (Wildman–Crippen MR) is 125 cm³/mol. The van der Waals surface area contributed by atoms with Gasteiger partial charge in [-0.15, -0.1) is 11.3 Å². The number of hydrogen-bond donors (Lipinski definition) is 1. The van der Waals surface area contributed by atoms with E-state index in [4.69, 9.17) is 4.74 Å². The zero-order valence-corrected chi connectivity index (χ0v) is 18.7. The van der Waals surface area contributed by atoms with Gasteiger partial charge < -0.3 is 15.0 Å². The first-order valence-corrected chi connectivity index (χ1v) is 11.5. The van der Waals surface area contributed by atoms with Crippen LogP contribution in [0.25, 0.3) is 10.4 Å². The summed E-state index contributed by atoms with van der Waals surface area (Å²) in [4.78, 5) is 28.7. The summed E-state index contributed by atoms with van der Waals surface area (Å²) in [5.41, 5.74) is 2.10. The molecule has 1 aromatic heterocycles. The van der Waals surface area contributed by atoms with Crippen LogP contribution in [-0.2, 0) is 4.79 Å². The van der Waals surface area contributed by atoms with Gasteiger partial charge in [-0.2, -0.15) is 0 Å². The van der Waals surface area contributed by atoms with Crippen LogP contribution in [0.15, 0.2) is 54.6 Å². The summed E-state index contributed by atoms with van der Waals surface area (Å²) in [6, 6.07) is 15.7. The molecule has 1 aliphatic heterocycles. The average molecular weight is 453 g/mol. The predicted octanol–water partition coefficient (Wildman–Crippen LogP) is 5.51. The van der Waals surface area contributed by atoms with Crippen LogP contribution >= 0.6 is 11.3 Å². The number of thiophene rings is 1. The van der Waals surface area contributed by atoms with Gasteiger partial charge >= 0.3 is 0 Å². The second kappa shape index (κ2) is 9.96. The van der Waals surface area contributed by atoms with E-state index in [1.807, 2.05) is 35.2 Å². The summed E-state index contributed by atoms with van der Waals surface area (Å²) in [7, 11) is 0. The van der Waals surface area contributed by atoms with Crippen molar-refractivity contribution in [2.24, 2.45) is 0 Å². The quantitative estimate of drug-likeness (QED) is 0.537. The molecule has 4 rings (SSSR count). The summed E-state index contributed by atoms with van der Waals surface area (Å²) in [5, 5.41) is 2.78. The molecule has 0 radical (unpaired) electrons. The van der Waals surface area contributed by atoms with Crippen molar-refractivity contribution in [3.63, 3.8) is 0 Å². The lowest BCUT2D eigenvalue weighted by atomic mass is 10.1. The number of anilines is 1. The SMILES string of the molecule is Cc1ccc(F)cc1NC(=O)c1sc(-c2ccccc2)cc1OCC(=O)N1CCCCC1. The van der Waals surface area contributed by atoms with Gasteiger partial charge in [0, 0.05) is 23.7 Å². The fraction of sp³-hybridized carbons (Fsp3) is 0.280. The van der Waals surface area contributed by atoms with Gasteiger partial charge in [-0.1, -0.05) is 36.4 Å². The number of carbonyl (C=O) groups excluding carboxylic acids is 2. The van der Waals surface area contributed by atoms with Crippen LogP contribution in [0.3, 0.4) is 0 Å². The molecule has 2 amide bonds. The third-order valence-corrected chi connectivity index (χ3v) is 6.63. The minimum absolute atomic E-state index is 0.0792. The molecule has 5 nitrogen and oxygen atoms in total. The maximum atomic E-state index is 13.7. The second-order valence-electron chi connectivity index (χ2n) is 7.81. The van der Waals surface area contributed by atoms with E-state index in [1.165, 1.54) is 23.5 Å². The largest absolute Gasteiger partial charge is 0.482 e. The van der Waals surface area contributed by atoms with Gasteiger partial charge in [0.2, 0.25) is 0 Å². The molecule has 0 bridgehead atoms. The maximum absolute atomic E-state index is 13.7. The van der Waals surface area contributed by atoms with Gasteiger partial charge in [0.15, 0.2) is 6.61 Å². The number of carbonyl (C=O) groups is 2. The Bertz CT molecular complexity index is 1110. The Balaban J connectivity index is 1.57. The third-order valence-electron chi connectivity index (χ3n) is 5.47. The molecular weight excluding hydrogens is 427 g/mol. The fourth-order valence-corrected chi connectivity index (χ4v) is 4.67. The number of nitrogens with zero attached hydrogens (tertiary/aromatic N) is 1. The molecule has 0 atom stereocenters. The topological polar surface area (TPSA) is 58.6 Å². The molecule has 7 heteroatoms. The minimum atomic E-state index is -0.425. The Morgan fingerprint density at radius 3 is 2.56 bits per heavy atom. The maximum Gasteiger partial charge on any atom is 0.269 e. The van der Waals surface area contributed by atoms with Crippen LogP contribution in [-0.4, -0.2) is 36.4 Å². The van der Waals surface area contributed by atoms with Crippen LogP contribution in [0.2, 0.25) is 0 Å². The van der Waals surface area contributed by atoms with E-state index >= 15 is 0 Å². The van der Waals surface area contributed by atoms with Crippen molar-refractivity contribution in [3.8, 4) is 16.2 Å². The Kier molecular flexibility index (Phi) is 6.85. The lowest BCUT2D eigenvalue weighted by Gasteiger charge is -2.26. The molecule has 1 N–H and O–H groups in total. The van der Waals surface area contributed by atoms with Crippen molar-refractivity contribution >= 4 is 28.8 Å². The summed E-state index contributed by atoms with van der Waals surface area (Å²) in [5.74, 6) is -0.549. The first-order valence-electron chi connectivity index (χ1n) is 10.7. The smallest absolute Gasteiger partial charge is 0.269 e. The van der Waals surface area contributed by atoms with Crippen molar-refractivity contribution < 1.29 is 18.7 Å². The molecule has 3 aromatic rings. The number of halogens is 1. The Morgan fingerprint density at radius 1 is 1.06 bits per heavy atom. The van der Waals surface area contributed by atoms with Crippen molar-refractivity contribution in [2.75, 3.05) is 25.0 Å². The second-order valence-corrected chi connectivity index (χ2v) is 8.87. The number of likely N-dealkylation sites (tertiary alicyclic amines) is 1. The van der Waals surface area contributed by atoms with E-state index in [0.717, 1.165) is 48.4 Å². The fourth-order valence-electron chi connectivity index (χ4n) is 3.67. The van der Waals surface area contributed by atoms with Gasteiger partial charge in [0.25, 0.3) is 11.8 Å². The van der Waals surface area contributed by atoms with Gasteiger partial charge in [-0.3, -0.25) is 9.59 Å². The first kappa shape index (κ1) is 22.0. The normalized spacial score (nSPS) is 13.6. The van der Waals surface area contributed by atoms with Crippen LogP contribution in [0.4, 0.5) is 10.1 Å². The molecule has 166 valence electrons. The van der Waals surface area contributed by atoms with Gasteiger partial charge in [-0.25, -0.2) is 4.39 Å². The molecular formula is C25H25FN2O3S. The summed E-state index contributed by atoms with van der Waals surface area (Å²) >= 11 is 1.28. The molecule has 0 aliphatic carbocycles. The molecule has 2 aromatic carbocycles. The number of ether oxygens (including phenoxy) is 1. The molecule has 0 spiro atoms. The highest BCUT2D eigenvalue weighted by Gasteiger charge is 2.22. The van der Waals surface area contributed by atoms with E-state index in [0.29, 0.717) is 16.3 Å². The van der Waals surface area contributed by atoms with Crippen LogP contribution in [0.1, 0.15) is 34.5 Å². The standard InChI is InChI=1S/C25H25FN2O3S/c1-17-10-11-19(26)14-20(17)27-25(30)24-21(15-22(32-24)18-8-4-2-5-9-18)31-16-23(29)28-12-6-3-7-13-28/h2,4-5,8-11,14-15H,3,6-7,12-13,16H2,1H3,(H,27,30). The van der Waals surface area contributed by atoms with E-state index in [9.17, 15) is 14.0 Å². The molecule has 32 heavy (non-hydrogen) atoms. The highest BCUT2D eigenvalue weighted by Crippen LogP contribution is 2.37. The van der Waals surface area contributed by atoms with E-state index in [2.05, 4.69) is 5.32 Å². The lowest BCUT2D eigenvalue weighted by molar-refractivity contribution is -0.134. The van der Waals surface area contributed by atoms with Crippen LogP contribution < -0.4 is 10.1 Å². The van der Waals surface area contributed by atoms with Gasteiger partial charge in [0.05, 0.1) is 0 Å². The Morgan fingerprint density at radius 2 is 1.81 bits per heavy atom. The molecule has 1 saturated heterocycles. The Labute approximate surface area is 190 Å². The monoisotopic (exact) mass is 452 g/mol. The average Bonchev–Trinajstić information content (AvgIpc) is 3.25. The molecule has 0 saturated carbocycles. The summed E-state index contributed by atoms with van der Waals surface area (Å²) < 4.78 is 19.5. The Hall–Kier alpha value is -3.19. The zero-order chi connectivity index (χ0) is 22.5. The van der Waals surface area contributed by atoms with E-state index in [-0.39, 0.29) is 12.5 Å². The van der Waals surface area contributed by atoms with E-state index in [1.54, 1.807) is 19.1 Å². The van der Waals surface area contributed by atoms with Crippen LogP contribution in [0, 0.1) is 12.7 Å². The number of benzene rings is 2. The molecule has 2 heterocycles. The molecule has 1 aliphatic rings. The minimum Gasteiger partial charge on any atom is -0.482 e.